The van der Waals surface area contributed by atoms with Crippen molar-refractivity contribution < 1.29 is 9.59 Å². The summed E-state index contributed by atoms with van der Waals surface area (Å²) in [4.78, 5) is 34.2. The average Bonchev–Trinajstić information content (AvgIpc) is 3.31. The molecule has 1 aromatic heterocycles. The smallest absolute Gasteiger partial charge is 0.253 e. The first-order valence-electron chi connectivity index (χ1n) is 11.8. The Hall–Kier alpha value is -3.77. The standard InChI is InChI=1S/C28H27ClN4O2/c29-24-12-6-4-11-23(24)27(34)31-26(18-20-19-30-25-13-7-5-10-22(20)25)28(35)33-16-14-32(15-17-33)21-8-2-1-3-9-21/h1-13,19,26,30H,14-18H2,(H,31,34)/t26-/m0/s1. The summed E-state index contributed by atoms with van der Waals surface area (Å²) in [5.74, 6) is -0.430. The molecule has 6 nitrogen and oxygen atoms in total. The summed E-state index contributed by atoms with van der Waals surface area (Å²) in [6.07, 6.45) is 2.30. The molecule has 0 radical (unpaired) electrons. The molecule has 0 spiro atoms. The summed E-state index contributed by atoms with van der Waals surface area (Å²) in [6.45, 7) is 2.68. The Morgan fingerprint density at radius 1 is 0.886 bits per heavy atom. The summed E-state index contributed by atoms with van der Waals surface area (Å²) in [6, 6.07) is 24.4. The summed E-state index contributed by atoms with van der Waals surface area (Å²) in [7, 11) is 0. The lowest BCUT2D eigenvalue weighted by Gasteiger charge is -2.37. The van der Waals surface area contributed by atoms with Crippen LogP contribution in [0.4, 0.5) is 5.69 Å². The van der Waals surface area contributed by atoms with Crippen LogP contribution >= 0.6 is 11.6 Å². The van der Waals surface area contributed by atoms with E-state index in [2.05, 4.69) is 27.3 Å². The van der Waals surface area contributed by atoms with Gasteiger partial charge >= 0.3 is 0 Å². The fourth-order valence-corrected chi connectivity index (χ4v) is 4.87. The summed E-state index contributed by atoms with van der Waals surface area (Å²) in [5.41, 5.74) is 3.51. The largest absolute Gasteiger partial charge is 0.368 e. The molecule has 0 saturated carbocycles. The number of nitrogens with zero attached hydrogens (tertiary/aromatic N) is 2. The molecule has 2 heterocycles. The molecule has 2 N–H and O–H groups in total. The number of carbonyl (C=O) groups excluding carboxylic acids is 2. The molecule has 0 aliphatic carbocycles. The van der Waals surface area contributed by atoms with Gasteiger partial charge in [-0.15, -0.1) is 0 Å². The van der Waals surface area contributed by atoms with E-state index >= 15 is 0 Å². The van der Waals surface area contributed by atoms with E-state index in [4.69, 9.17) is 11.6 Å². The van der Waals surface area contributed by atoms with Crippen LogP contribution in [-0.2, 0) is 11.2 Å². The summed E-state index contributed by atoms with van der Waals surface area (Å²) < 4.78 is 0. The van der Waals surface area contributed by atoms with Gasteiger partial charge < -0.3 is 20.1 Å². The highest BCUT2D eigenvalue weighted by Gasteiger charge is 2.30. The molecule has 1 fully saturated rings. The minimum atomic E-state index is -0.707. The molecular formula is C28H27ClN4O2. The number of amides is 2. The van der Waals surface area contributed by atoms with Gasteiger partial charge in [-0.1, -0.05) is 60.1 Å². The molecule has 0 bridgehead atoms. The second kappa shape index (κ2) is 10.2. The van der Waals surface area contributed by atoms with Crippen LogP contribution in [0.1, 0.15) is 15.9 Å². The van der Waals surface area contributed by atoms with Crippen molar-refractivity contribution in [2.45, 2.75) is 12.5 Å². The highest BCUT2D eigenvalue weighted by atomic mass is 35.5. The maximum absolute atomic E-state index is 13.7. The van der Waals surface area contributed by atoms with E-state index in [9.17, 15) is 9.59 Å². The van der Waals surface area contributed by atoms with E-state index in [1.165, 1.54) is 0 Å². The second-order valence-corrected chi connectivity index (χ2v) is 9.12. The first kappa shape index (κ1) is 23.0. The van der Waals surface area contributed by atoms with Crippen LogP contribution in [0.2, 0.25) is 5.02 Å². The number of benzene rings is 3. The molecular weight excluding hydrogens is 460 g/mol. The van der Waals surface area contributed by atoms with Crippen molar-refractivity contribution in [2.24, 2.45) is 0 Å². The SMILES string of the molecule is O=C(N[C@@H](Cc1c[nH]c2ccccc12)C(=O)N1CCN(c2ccccc2)CC1)c1ccccc1Cl. The Morgan fingerprint density at radius 2 is 1.57 bits per heavy atom. The number of fused-ring (bicyclic) bond motifs is 1. The molecule has 5 rings (SSSR count). The fourth-order valence-electron chi connectivity index (χ4n) is 4.65. The van der Waals surface area contributed by atoms with Crippen LogP contribution < -0.4 is 10.2 Å². The van der Waals surface area contributed by atoms with Gasteiger partial charge in [-0.3, -0.25) is 9.59 Å². The van der Waals surface area contributed by atoms with Gasteiger partial charge in [-0.25, -0.2) is 0 Å². The predicted octanol–water partition coefficient (Wildman–Crippen LogP) is 4.51. The Labute approximate surface area is 209 Å². The molecule has 0 unspecified atom stereocenters. The first-order chi connectivity index (χ1) is 17.1. The quantitative estimate of drug-likeness (QED) is 0.421. The monoisotopic (exact) mass is 486 g/mol. The normalized spacial score (nSPS) is 14.7. The first-order valence-corrected chi connectivity index (χ1v) is 12.2. The lowest BCUT2D eigenvalue weighted by atomic mass is 10.0. The van der Waals surface area contributed by atoms with Gasteiger partial charge in [-0.05, 0) is 35.9 Å². The van der Waals surface area contributed by atoms with Crippen molar-refractivity contribution in [3.8, 4) is 0 Å². The third-order valence-corrected chi connectivity index (χ3v) is 6.86. The lowest BCUT2D eigenvalue weighted by Crippen LogP contribution is -2.55. The molecule has 35 heavy (non-hydrogen) atoms. The van der Waals surface area contributed by atoms with E-state index in [1.807, 2.05) is 53.6 Å². The number of anilines is 1. The molecule has 2 amide bonds. The molecule has 1 aliphatic heterocycles. The van der Waals surface area contributed by atoms with E-state index in [0.717, 1.165) is 35.2 Å². The minimum Gasteiger partial charge on any atom is -0.368 e. The van der Waals surface area contributed by atoms with E-state index in [-0.39, 0.29) is 11.8 Å². The molecule has 1 saturated heterocycles. The predicted molar refractivity (Wildman–Crippen MR) is 140 cm³/mol. The van der Waals surface area contributed by atoms with Crippen molar-refractivity contribution in [3.05, 3.63) is 101 Å². The van der Waals surface area contributed by atoms with Crippen molar-refractivity contribution in [1.82, 2.24) is 15.2 Å². The van der Waals surface area contributed by atoms with Gasteiger partial charge in [0.05, 0.1) is 10.6 Å². The van der Waals surface area contributed by atoms with Crippen LogP contribution in [-0.4, -0.2) is 53.9 Å². The van der Waals surface area contributed by atoms with Crippen LogP contribution in [0, 0.1) is 0 Å². The summed E-state index contributed by atoms with van der Waals surface area (Å²) >= 11 is 6.26. The zero-order chi connectivity index (χ0) is 24.2. The molecule has 7 heteroatoms. The van der Waals surface area contributed by atoms with Crippen molar-refractivity contribution in [1.29, 1.82) is 0 Å². The van der Waals surface area contributed by atoms with Crippen molar-refractivity contribution >= 4 is 40.0 Å². The number of rotatable bonds is 6. The summed E-state index contributed by atoms with van der Waals surface area (Å²) in [5, 5.41) is 4.38. The molecule has 1 aliphatic rings. The third kappa shape index (κ3) is 5.03. The van der Waals surface area contributed by atoms with Gasteiger partial charge in [0.25, 0.3) is 5.91 Å². The van der Waals surface area contributed by atoms with E-state index in [1.54, 1.807) is 24.3 Å². The fraction of sp³-hybridized carbons (Fsp3) is 0.214. The van der Waals surface area contributed by atoms with Gasteiger partial charge in [0.2, 0.25) is 5.91 Å². The van der Waals surface area contributed by atoms with Gasteiger partial charge in [-0.2, -0.15) is 0 Å². The number of halogens is 1. The maximum atomic E-state index is 13.7. The van der Waals surface area contributed by atoms with Gasteiger partial charge in [0, 0.05) is 55.4 Å². The maximum Gasteiger partial charge on any atom is 0.253 e. The minimum absolute atomic E-state index is 0.0802. The number of para-hydroxylation sites is 2. The average molecular weight is 487 g/mol. The number of hydrogen-bond donors (Lipinski definition) is 2. The number of carbonyl (C=O) groups is 2. The van der Waals surface area contributed by atoms with E-state index in [0.29, 0.717) is 30.1 Å². The van der Waals surface area contributed by atoms with Crippen molar-refractivity contribution in [2.75, 3.05) is 31.1 Å². The molecule has 178 valence electrons. The number of aromatic nitrogens is 1. The molecule has 4 aromatic rings. The Balaban J connectivity index is 1.35. The zero-order valence-corrected chi connectivity index (χ0v) is 20.0. The van der Waals surface area contributed by atoms with E-state index < -0.39 is 6.04 Å². The topological polar surface area (TPSA) is 68.4 Å². The van der Waals surface area contributed by atoms with Gasteiger partial charge in [0.1, 0.15) is 6.04 Å². The lowest BCUT2D eigenvalue weighted by molar-refractivity contribution is -0.133. The molecule has 1 atom stereocenters. The molecule has 3 aromatic carbocycles. The second-order valence-electron chi connectivity index (χ2n) is 8.72. The Morgan fingerprint density at radius 3 is 2.34 bits per heavy atom. The number of nitrogens with one attached hydrogen (secondary N) is 2. The number of hydrogen-bond acceptors (Lipinski definition) is 3. The Bertz CT molecular complexity index is 1330. The van der Waals surface area contributed by atoms with Crippen molar-refractivity contribution in [3.63, 3.8) is 0 Å². The Kier molecular flexibility index (Phi) is 6.73. The highest BCUT2D eigenvalue weighted by molar-refractivity contribution is 6.33. The van der Waals surface area contributed by atoms with Gasteiger partial charge in [0.15, 0.2) is 0 Å². The van der Waals surface area contributed by atoms with Crippen LogP contribution in [0.25, 0.3) is 10.9 Å². The third-order valence-electron chi connectivity index (χ3n) is 6.53. The number of H-pyrrole nitrogens is 1. The number of piperazine rings is 1. The van der Waals surface area contributed by atoms with Crippen LogP contribution in [0.3, 0.4) is 0 Å². The van der Waals surface area contributed by atoms with Crippen LogP contribution in [0.5, 0.6) is 0 Å². The zero-order valence-electron chi connectivity index (χ0n) is 19.3. The van der Waals surface area contributed by atoms with Crippen LogP contribution in [0.15, 0.2) is 85.1 Å². The highest BCUT2D eigenvalue weighted by Crippen LogP contribution is 2.22. The number of aromatic amines is 1.